The van der Waals surface area contributed by atoms with Crippen molar-refractivity contribution in [2.45, 2.75) is 26.7 Å². The molecule has 0 aliphatic rings. The lowest BCUT2D eigenvalue weighted by Gasteiger charge is -2.02. The fourth-order valence-electron chi connectivity index (χ4n) is 2.12. The van der Waals surface area contributed by atoms with Crippen LogP contribution in [0.1, 0.15) is 30.3 Å². The van der Waals surface area contributed by atoms with Gasteiger partial charge in [-0.15, -0.1) is 11.3 Å². The summed E-state index contributed by atoms with van der Waals surface area (Å²) in [6.07, 6.45) is 0. The molecule has 0 bridgehead atoms. The van der Waals surface area contributed by atoms with Gasteiger partial charge in [-0.2, -0.15) is 0 Å². The Balaban J connectivity index is 2.08. The van der Waals surface area contributed by atoms with Gasteiger partial charge in [0.25, 0.3) is 0 Å². The van der Waals surface area contributed by atoms with Crippen LogP contribution < -0.4 is 0 Å². The van der Waals surface area contributed by atoms with E-state index in [0.29, 0.717) is 5.92 Å². The molecule has 1 nitrogen and oxygen atoms in total. The Hall–Kier alpha value is -1.67. The van der Waals surface area contributed by atoms with Gasteiger partial charge in [0, 0.05) is 5.92 Å². The van der Waals surface area contributed by atoms with Crippen LogP contribution >= 0.6 is 11.3 Å². The molecule has 3 rings (SSSR count). The molecule has 96 valence electrons. The first-order valence-corrected chi connectivity index (χ1v) is 7.42. The van der Waals surface area contributed by atoms with Crippen LogP contribution in [0.4, 0.5) is 0 Å². The first kappa shape index (κ1) is 12.4. The summed E-state index contributed by atoms with van der Waals surface area (Å²) in [7, 11) is 0. The first-order chi connectivity index (χ1) is 9.13. The van der Waals surface area contributed by atoms with Gasteiger partial charge in [0.2, 0.25) is 0 Å². The molecule has 0 saturated carbocycles. The van der Waals surface area contributed by atoms with Crippen LogP contribution in [0.5, 0.6) is 0 Å². The zero-order valence-corrected chi connectivity index (χ0v) is 12.3. The predicted octanol–water partition coefficient (Wildman–Crippen LogP) is 5.40. The number of rotatable bonds is 2. The molecule has 0 saturated heterocycles. The van der Waals surface area contributed by atoms with E-state index in [1.807, 2.05) is 0 Å². The third-order valence-electron chi connectivity index (χ3n) is 3.28. The maximum absolute atomic E-state index is 4.73. The summed E-state index contributed by atoms with van der Waals surface area (Å²) in [5.74, 6) is 0.500. The van der Waals surface area contributed by atoms with Crippen molar-refractivity contribution in [3.05, 3.63) is 53.0 Å². The number of nitrogens with zero attached hydrogens (tertiary/aromatic N) is 1. The Morgan fingerprint density at radius 3 is 2.32 bits per heavy atom. The lowest BCUT2D eigenvalue weighted by atomic mass is 10.0. The summed E-state index contributed by atoms with van der Waals surface area (Å²) in [4.78, 5) is 4.73. The van der Waals surface area contributed by atoms with Crippen molar-refractivity contribution in [2.75, 3.05) is 0 Å². The molecule has 0 spiro atoms. The second-order valence-electron chi connectivity index (χ2n) is 5.26. The van der Waals surface area contributed by atoms with E-state index in [-0.39, 0.29) is 0 Å². The maximum atomic E-state index is 4.73. The molecule has 0 aliphatic carbocycles. The topological polar surface area (TPSA) is 12.9 Å². The molecule has 2 aromatic carbocycles. The Morgan fingerprint density at radius 1 is 0.947 bits per heavy atom. The van der Waals surface area contributed by atoms with Crippen molar-refractivity contribution >= 4 is 21.6 Å². The number of fused-ring (bicyclic) bond motifs is 1. The van der Waals surface area contributed by atoms with Crippen LogP contribution in [0, 0.1) is 6.92 Å². The minimum atomic E-state index is 0.500. The van der Waals surface area contributed by atoms with Gasteiger partial charge in [-0.3, -0.25) is 0 Å². The second-order valence-corrected chi connectivity index (χ2v) is 6.32. The van der Waals surface area contributed by atoms with E-state index in [1.165, 1.54) is 26.4 Å². The van der Waals surface area contributed by atoms with E-state index in [0.717, 1.165) is 5.52 Å². The van der Waals surface area contributed by atoms with E-state index in [2.05, 4.69) is 63.2 Å². The number of hydrogen-bond donors (Lipinski definition) is 0. The fraction of sp³-hybridized carbons (Fsp3) is 0.235. The molecule has 0 atom stereocenters. The molecule has 1 heterocycles. The molecule has 3 aromatic rings. The van der Waals surface area contributed by atoms with Gasteiger partial charge in [-0.05, 0) is 30.2 Å². The van der Waals surface area contributed by atoms with Gasteiger partial charge in [-0.25, -0.2) is 4.98 Å². The first-order valence-electron chi connectivity index (χ1n) is 6.61. The molecule has 0 N–H and O–H groups in total. The molecule has 0 amide bonds. The van der Waals surface area contributed by atoms with Crippen LogP contribution in [-0.2, 0) is 0 Å². The van der Waals surface area contributed by atoms with Crippen LogP contribution in [0.2, 0.25) is 0 Å². The van der Waals surface area contributed by atoms with Crippen LogP contribution in [0.3, 0.4) is 0 Å². The molecule has 0 unspecified atom stereocenters. The van der Waals surface area contributed by atoms with Gasteiger partial charge in [0.05, 0.1) is 15.2 Å². The van der Waals surface area contributed by atoms with Crippen LogP contribution in [0.25, 0.3) is 21.3 Å². The second kappa shape index (κ2) is 4.78. The van der Waals surface area contributed by atoms with E-state index in [9.17, 15) is 0 Å². The van der Waals surface area contributed by atoms with Crippen LogP contribution in [0.15, 0.2) is 42.5 Å². The third kappa shape index (κ3) is 2.41. The summed E-state index contributed by atoms with van der Waals surface area (Å²) in [5.41, 5.74) is 4.91. The Morgan fingerprint density at radius 2 is 1.63 bits per heavy atom. The van der Waals surface area contributed by atoms with Gasteiger partial charge < -0.3 is 0 Å². The summed E-state index contributed by atoms with van der Waals surface area (Å²) in [6.45, 7) is 6.50. The minimum absolute atomic E-state index is 0.500. The van der Waals surface area contributed by atoms with Crippen molar-refractivity contribution < 1.29 is 0 Å². The Bertz CT molecular complexity index is 708. The molecular weight excluding hydrogens is 250 g/mol. The summed E-state index contributed by atoms with van der Waals surface area (Å²) in [6, 6.07) is 15.2. The van der Waals surface area contributed by atoms with Gasteiger partial charge in [-0.1, -0.05) is 49.7 Å². The van der Waals surface area contributed by atoms with E-state index in [4.69, 9.17) is 4.98 Å². The molecular formula is C17H17NS. The summed E-state index contributed by atoms with van der Waals surface area (Å²) >= 11 is 1.80. The number of thiazole rings is 1. The molecule has 0 fully saturated rings. The highest BCUT2D eigenvalue weighted by Gasteiger charge is 2.08. The van der Waals surface area contributed by atoms with Crippen molar-refractivity contribution in [1.82, 2.24) is 4.98 Å². The average molecular weight is 267 g/mol. The monoisotopic (exact) mass is 267 g/mol. The van der Waals surface area contributed by atoms with Crippen molar-refractivity contribution in [3.8, 4) is 11.1 Å². The van der Waals surface area contributed by atoms with Crippen LogP contribution in [-0.4, -0.2) is 4.98 Å². The Kier molecular flexibility index (Phi) is 3.11. The van der Waals surface area contributed by atoms with Crippen molar-refractivity contribution in [1.29, 1.82) is 0 Å². The van der Waals surface area contributed by atoms with E-state index < -0.39 is 0 Å². The quantitative estimate of drug-likeness (QED) is 0.606. The lowest BCUT2D eigenvalue weighted by Crippen LogP contribution is -1.83. The van der Waals surface area contributed by atoms with Gasteiger partial charge in [0.15, 0.2) is 0 Å². The standard InChI is InChI=1S/C17H17NS/c1-11(2)17-18-15-10-14(8-9-16(15)19-17)13-6-4-12(3)5-7-13/h4-11H,1-3H3. The minimum Gasteiger partial charge on any atom is -0.241 e. The SMILES string of the molecule is Cc1ccc(-c2ccc3sc(C(C)C)nc3c2)cc1. The smallest absolute Gasteiger partial charge is 0.0963 e. The van der Waals surface area contributed by atoms with Gasteiger partial charge >= 0.3 is 0 Å². The zero-order valence-electron chi connectivity index (χ0n) is 11.5. The largest absolute Gasteiger partial charge is 0.241 e. The molecule has 1 aromatic heterocycles. The Labute approximate surface area is 117 Å². The van der Waals surface area contributed by atoms with Gasteiger partial charge in [0.1, 0.15) is 0 Å². The number of benzene rings is 2. The normalized spacial score (nSPS) is 11.4. The molecule has 0 radical (unpaired) electrons. The van der Waals surface area contributed by atoms with E-state index in [1.54, 1.807) is 11.3 Å². The number of aryl methyl sites for hydroxylation is 1. The third-order valence-corrected chi connectivity index (χ3v) is 4.62. The molecule has 0 aliphatic heterocycles. The van der Waals surface area contributed by atoms with Crippen molar-refractivity contribution in [3.63, 3.8) is 0 Å². The highest BCUT2D eigenvalue weighted by atomic mass is 32.1. The molecule has 2 heteroatoms. The number of aromatic nitrogens is 1. The lowest BCUT2D eigenvalue weighted by molar-refractivity contribution is 0.857. The maximum Gasteiger partial charge on any atom is 0.0963 e. The zero-order chi connectivity index (χ0) is 13.4. The van der Waals surface area contributed by atoms with Crippen molar-refractivity contribution in [2.24, 2.45) is 0 Å². The average Bonchev–Trinajstić information content (AvgIpc) is 2.82. The predicted molar refractivity (Wildman–Crippen MR) is 83.9 cm³/mol. The highest BCUT2D eigenvalue weighted by Crippen LogP contribution is 2.30. The fourth-order valence-corrected chi connectivity index (χ4v) is 3.07. The summed E-state index contributed by atoms with van der Waals surface area (Å²) < 4.78 is 1.28. The summed E-state index contributed by atoms with van der Waals surface area (Å²) in [5, 5.41) is 1.22. The molecule has 19 heavy (non-hydrogen) atoms. The van der Waals surface area contributed by atoms with E-state index >= 15 is 0 Å². The highest BCUT2D eigenvalue weighted by molar-refractivity contribution is 7.18. The number of hydrogen-bond acceptors (Lipinski definition) is 2.